The summed E-state index contributed by atoms with van der Waals surface area (Å²) in [4.78, 5) is 35.1. The van der Waals surface area contributed by atoms with Gasteiger partial charge in [0.1, 0.15) is 6.54 Å². The first-order chi connectivity index (χ1) is 9.06. The summed E-state index contributed by atoms with van der Waals surface area (Å²) < 4.78 is 0. The molecule has 1 aliphatic heterocycles. The molecule has 0 bridgehead atoms. The van der Waals surface area contributed by atoms with Gasteiger partial charge in [-0.05, 0) is 31.6 Å². The second kappa shape index (κ2) is 6.01. The van der Waals surface area contributed by atoms with Gasteiger partial charge in [-0.15, -0.1) is 0 Å². The molecule has 0 unspecified atom stereocenters. The summed E-state index contributed by atoms with van der Waals surface area (Å²) in [6.45, 7) is 0.280. The van der Waals surface area contributed by atoms with E-state index in [1.807, 2.05) is 0 Å². The van der Waals surface area contributed by atoms with Crippen LogP contribution in [0.4, 0.5) is 4.79 Å². The molecule has 1 saturated heterocycles. The molecular formula is C12H19N3O4. The highest BCUT2D eigenvalue weighted by atomic mass is 16.3. The van der Waals surface area contributed by atoms with E-state index in [0.717, 1.165) is 30.6 Å². The first-order valence-electron chi connectivity index (χ1n) is 6.59. The molecule has 0 aromatic rings. The highest BCUT2D eigenvalue weighted by Crippen LogP contribution is 2.23. The topological polar surface area (TPSA) is 98.7 Å². The third-order valence-electron chi connectivity index (χ3n) is 3.64. The number of hydrogen-bond donors (Lipinski definition) is 3. The summed E-state index contributed by atoms with van der Waals surface area (Å²) in [6.07, 6.45) is 3.12. The molecule has 19 heavy (non-hydrogen) atoms. The summed E-state index contributed by atoms with van der Waals surface area (Å²) in [6, 6.07) is -0.513. The van der Waals surface area contributed by atoms with Gasteiger partial charge in [-0.1, -0.05) is 0 Å². The standard InChI is InChI=1S/C12H19N3O4/c16-9-3-1-8(2-4-9)5-13-10(17)7-15-11(18)6-14-12(15)19/h8-9,16H,1-7H2,(H,13,17)(H,14,19). The fourth-order valence-corrected chi connectivity index (χ4v) is 2.42. The third-order valence-corrected chi connectivity index (χ3v) is 3.64. The molecule has 7 nitrogen and oxygen atoms in total. The van der Waals surface area contributed by atoms with E-state index < -0.39 is 6.03 Å². The fourth-order valence-electron chi connectivity index (χ4n) is 2.42. The smallest absolute Gasteiger partial charge is 0.325 e. The van der Waals surface area contributed by atoms with Crippen LogP contribution in [0.25, 0.3) is 0 Å². The molecule has 2 fully saturated rings. The third kappa shape index (κ3) is 3.66. The molecule has 106 valence electrons. The Kier molecular flexibility index (Phi) is 4.36. The molecule has 0 radical (unpaired) electrons. The van der Waals surface area contributed by atoms with Gasteiger partial charge >= 0.3 is 6.03 Å². The van der Waals surface area contributed by atoms with Crippen LogP contribution in [-0.4, -0.2) is 53.6 Å². The molecule has 0 atom stereocenters. The summed E-state index contributed by atoms with van der Waals surface area (Å²) in [7, 11) is 0. The van der Waals surface area contributed by atoms with Crippen molar-refractivity contribution in [2.24, 2.45) is 5.92 Å². The average molecular weight is 269 g/mol. The van der Waals surface area contributed by atoms with Crippen molar-refractivity contribution in [1.29, 1.82) is 0 Å². The van der Waals surface area contributed by atoms with Crippen molar-refractivity contribution >= 4 is 17.8 Å². The number of carbonyl (C=O) groups is 3. The van der Waals surface area contributed by atoms with Crippen LogP contribution in [0.1, 0.15) is 25.7 Å². The maximum Gasteiger partial charge on any atom is 0.325 e. The Hall–Kier alpha value is -1.63. The van der Waals surface area contributed by atoms with Crippen LogP contribution in [0.3, 0.4) is 0 Å². The summed E-state index contributed by atoms with van der Waals surface area (Å²) in [5.74, 6) is -0.326. The van der Waals surface area contributed by atoms with Crippen LogP contribution in [0.2, 0.25) is 0 Å². The van der Waals surface area contributed by atoms with Crippen LogP contribution in [0.15, 0.2) is 0 Å². The number of aliphatic hydroxyl groups excluding tert-OH is 1. The van der Waals surface area contributed by atoms with E-state index in [2.05, 4.69) is 10.6 Å². The maximum atomic E-state index is 11.7. The minimum atomic E-state index is -0.513. The maximum absolute atomic E-state index is 11.7. The molecular weight excluding hydrogens is 250 g/mol. The van der Waals surface area contributed by atoms with Gasteiger partial charge in [0.15, 0.2) is 0 Å². The molecule has 1 heterocycles. The van der Waals surface area contributed by atoms with E-state index in [-0.39, 0.29) is 31.0 Å². The van der Waals surface area contributed by atoms with E-state index in [9.17, 15) is 19.5 Å². The minimum Gasteiger partial charge on any atom is -0.393 e. The van der Waals surface area contributed by atoms with Crippen molar-refractivity contribution < 1.29 is 19.5 Å². The van der Waals surface area contributed by atoms with Gasteiger partial charge in [0.05, 0.1) is 12.6 Å². The lowest BCUT2D eigenvalue weighted by atomic mass is 9.87. The number of hydrogen-bond acceptors (Lipinski definition) is 4. The number of imide groups is 1. The summed E-state index contributed by atoms with van der Waals surface area (Å²) >= 11 is 0. The molecule has 1 saturated carbocycles. The van der Waals surface area contributed by atoms with Crippen LogP contribution in [0, 0.1) is 5.92 Å². The van der Waals surface area contributed by atoms with E-state index in [0.29, 0.717) is 12.5 Å². The first-order valence-corrected chi connectivity index (χ1v) is 6.59. The highest BCUT2D eigenvalue weighted by molar-refractivity contribution is 6.04. The van der Waals surface area contributed by atoms with Crippen molar-refractivity contribution in [2.75, 3.05) is 19.6 Å². The lowest BCUT2D eigenvalue weighted by molar-refractivity contribution is -0.130. The molecule has 1 aliphatic carbocycles. The lowest BCUT2D eigenvalue weighted by Crippen LogP contribution is -2.42. The molecule has 0 spiro atoms. The molecule has 2 rings (SSSR count). The van der Waals surface area contributed by atoms with Gasteiger partial charge < -0.3 is 15.7 Å². The van der Waals surface area contributed by atoms with E-state index in [4.69, 9.17) is 0 Å². The second-order valence-corrected chi connectivity index (χ2v) is 5.12. The van der Waals surface area contributed by atoms with Crippen LogP contribution >= 0.6 is 0 Å². The predicted molar refractivity (Wildman–Crippen MR) is 66.1 cm³/mol. The number of aliphatic hydroxyl groups is 1. The zero-order chi connectivity index (χ0) is 13.8. The van der Waals surface area contributed by atoms with Crippen LogP contribution < -0.4 is 10.6 Å². The number of amides is 4. The molecule has 7 heteroatoms. The second-order valence-electron chi connectivity index (χ2n) is 5.12. The quantitative estimate of drug-likeness (QED) is 0.582. The van der Waals surface area contributed by atoms with E-state index in [1.54, 1.807) is 0 Å². The Morgan fingerprint density at radius 2 is 2.00 bits per heavy atom. The Labute approximate surface area is 111 Å². The number of nitrogens with zero attached hydrogens (tertiary/aromatic N) is 1. The number of carbonyl (C=O) groups excluding carboxylic acids is 3. The van der Waals surface area contributed by atoms with Gasteiger partial charge in [0.25, 0.3) is 5.91 Å². The fraction of sp³-hybridized carbons (Fsp3) is 0.750. The zero-order valence-corrected chi connectivity index (χ0v) is 10.7. The molecule has 0 aromatic heterocycles. The number of nitrogens with one attached hydrogen (secondary N) is 2. The minimum absolute atomic E-state index is 0.0351. The highest BCUT2D eigenvalue weighted by Gasteiger charge is 2.30. The average Bonchev–Trinajstić information content (AvgIpc) is 2.70. The van der Waals surface area contributed by atoms with Crippen molar-refractivity contribution in [1.82, 2.24) is 15.5 Å². The first kappa shape index (κ1) is 13.8. The van der Waals surface area contributed by atoms with Gasteiger partial charge in [-0.2, -0.15) is 0 Å². The molecule has 4 amide bonds. The summed E-state index contributed by atoms with van der Waals surface area (Å²) in [5.41, 5.74) is 0. The normalized spacial score (nSPS) is 27.3. The van der Waals surface area contributed by atoms with Crippen LogP contribution in [-0.2, 0) is 9.59 Å². The largest absolute Gasteiger partial charge is 0.393 e. The van der Waals surface area contributed by atoms with Crippen LogP contribution in [0.5, 0.6) is 0 Å². The van der Waals surface area contributed by atoms with E-state index >= 15 is 0 Å². The SMILES string of the molecule is O=C(CN1C(=O)CNC1=O)NCC1CCC(O)CC1. The van der Waals surface area contributed by atoms with Gasteiger partial charge in [-0.25, -0.2) is 4.79 Å². The number of urea groups is 1. The monoisotopic (exact) mass is 269 g/mol. The Balaban J connectivity index is 1.70. The lowest BCUT2D eigenvalue weighted by Gasteiger charge is -2.25. The number of rotatable bonds is 4. The van der Waals surface area contributed by atoms with Crippen molar-refractivity contribution in [3.05, 3.63) is 0 Å². The van der Waals surface area contributed by atoms with Crippen molar-refractivity contribution in [2.45, 2.75) is 31.8 Å². The molecule has 3 N–H and O–H groups in total. The summed E-state index contributed by atoms with van der Waals surface area (Å²) in [5, 5.41) is 14.5. The Morgan fingerprint density at radius 1 is 1.32 bits per heavy atom. The van der Waals surface area contributed by atoms with Gasteiger partial charge in [-0.3, -0.25) is 14.5 Å². The van der Waals surface area contributed by atoms with Crippen molar-refractivity contribution in [3.8, 4) is 0 Å². The Morgan fingerprint density at radius 3 is 2.58 bits per heavy atom. The van der Waals surface area contributed by atoms with E-state index in [1.165, 1.54) is 0 Å². The predicted octanol–water partition coefficient (Wildman–Crippen LogP) is -0.794. The van der Waals surface area contributed by atoms with Gasteiger partial charge in [0, 0.05) is 6.54 Å². The molecule has 2 aliphatic rings. The Bertz CT molecular complexity index is 361. The van der Waals surface area contributed by atoms with Gasteiger partial charge in [0.2, 0.25) is 5.91 Å². The zero-order valence-electron chi connectivity index (χ0n) is 10.7. The molecule has 0 aromatic carbocycles. The van der Waals surface area contributed by atoms with Crippen molar-refractivity contribution in [3.63, 3.8) is 0 Å².